The van der Waals surface area contributed by atoms with Crippen LogP contribution in [0.25, 0.3) is 21.5 Å². The van der Waals surface area contributed by atoms with Crippen molar-refractivity contribution >= 4 is 32.8 Å². The number of benzene rings is 4. The molecule has 1 atom stereocenters. The van der Waals surface area contributed by atoms with E-state index in [9.17, 15) is 0 Å². The average molecular weight is 659 g/mol. The quantitative estimate of drug-likeness (QED) is 0.205. The number of halogens is 2. The van der Waals surface area contributed by atoms with Crippen molar-refractivity contribution in [3.05, 3.63) is 149 Å². The van der Waals surface area contributed by atoms with Crippen molar-refractivity contribution in [2.75, 3.05) is 0 Å². The van der Waals surface area contributed by atoms with Gasteiger partial charge in [0.05, 0.1) is 0 Å². The van der Waals surface area contributed by atoms with Gasteiger partial charge in [-0.3, -0.25) is 6.08 Å². The Bertz CT molecular complexity index is 1480. The first-order valence-corrected chi connectivity index (χ1v) is 18.0. The first-order valence-electron chi connectivity index (χ1n) is 13.3. The van der Waals surface area contributed by atoms with Gasteiger partial charge in [-0.1, -0.05) is 75.8 Å². The Morgan fingerprint density at radius 3 is 1.43 bits per heavy atom. The van der Waals surface area contributed by atoms with E-state index in [1.54, 1.807) is 5.20 Å². The topological polar surface area (TPSA) is 0 Å². The first kappa shape index (κ1) is 34.0. The van der Waals surface area contributed by atoms with Crippen molar-refractivity contribution in [2.45, 2.75) is 33.5 Å². The van der Waals surface area contributed by atoms with Crippen LogP contribution in [0.1, 0.15) is 25.0 Å². The third kappa shape index (κ3) is 8.89. The van der Waals surface area contributed by atoms with Crippen LogP contribution in [0.15, 0.2) is 132 Å². The fraction of sp³-hybridized carbons (Fsp3) is 0.167. The molecule has 0 nitrogen and oxygen atoms in total. The van der Waals surface area contributed by atoms with Crippen LogP contribution in [0, 0.1) is 12.0 Å². The largest absolute Gasteiger partial charge is 0.126 e. The average Bonchev–Trinajstić information content (AvgIpc) is 3.49. The second-order valence-corrected chi connectivity index (χ2v) is 17.1. The summed E-state index contributed by atoms with van der Waals surface area (Å²) >= 11 is 1.46. The molecule has 5 aromatic rings. The van der Waals surface area contributed by atoms with Crippen LogP contribution in [0.3, 0.4) is 0 Å². The predicted molar refractivity (Wildman–Crippen MR) is 166 cm³/mol. The van der Waals surface area contributed by atoms with Crippen molar-refractivity contribution in [3.8, 4) is 0 Å². The molecule has 1 aliphatic rings. The van der Waals surface area contributed by atoms with Gasteiger partial charge in [0.25, 0.3) is 0 Å². The van der Waals surface area contributed by atoms with E-state index in [4.69, 9.17) is 0 Å². The third-order valence-corrected chi connectivity index (χ3v) is 10.3. The molecule has 0 amide bonds. The molecule has 0 bridgehead atoms. The van der Waals surface area contributed by atoms with Crippen LogP contribution in [-0.2, 0) is 24.2 Å². The molecule has 0 aliphatic heterocycles. The van der Waals surface area contributed by atoms with Crippen molar-refractivity contribution in [1.29, 1.82) is 0 Å². The predicted octanol–water partition coefficient (Wildman–Crippen LogP) is 3.71. The minimum absolute atomic E-state index is 0. The zero-order chi connectivity index (χ0) is 27.1. The summed E-state index contributed by atoms with van der Waals surface area (Å²) in [5.41, 5.74) is 4.06. The summed E-state index contributed by atoms with van der Waals surface area (Å²) in [6.45, 7) is 11.6. The number of hydrogen-bond donors (Lipinski definition) is 0. The molecule has 0 fully saturated rings. The summed E-state index contributed by atoms with van der Waals surface area (Å²) in [6, 6.07) is 40.4. The third-order valence-electron chi connectivity index (χ3n) is 6.72. The first-order chi connectivity index (χ1) is 18.2. The maximum Gasteiger partial charge on any atom is -0.0771 e. The molecule has 1 aliphatic carbocycles. The van der Waals surface area contributed by atoms with Gasteiger partial charge in [0.15, 0.2) is 0 Å². The second-order valence-electron chi connectivity index (χ2n) is 10.8. The zero-order valence-electron chi connectivity index (χ0n) is 23.9. The fourth-order valence-electron chi connectivity index (χ4n) is 4.93. The van der Waals surface area contributed by atoms with Crippen LogP contribution in [0.2, 0.25) is 19.6 Å². The normalized spacial score (nSPS) is 13.9. The van der Waals surface area contributed by atoms with Gasteiger partial charge in [-0.25, -0.2) is 10.8 Å². The zero-order valence-corrected chi connectivity index (χ0v) is 28.9. The molecule has 0 radical (unpaired) electrons. The summed E-state index contributed by atoms with van der Waals surface area (Å²) in [7, 11) is -1.07. The monoisotopic (exact) mass is 656 g/mol. The van der Waals surface area contributed by atoms with Crippen LogP contribution < -0.4 is 24.8 Å². The van der Waals surface area contributed by atoms with E-state index in [1.807, 2.05) is 0 Å². The van der Waals surface area contributed by atoms with Gasteiger partial charge in [-0.05, 0) is 8.07 Å². The van der Waals surface area contributed by atoms with Crippen molar-refractivity contribution in [3.63, 3.8) is 0 Å². The molecule has 4 heteroatoms. The van der Waals surface area contributed by atoms with Crippen molar-refractivity contribution < 1.29 is 49.0 Å². The maximum absolute atomic E-state index is 3.43. The number of allylic oxidation sites excluding steroid dienone is 4. The van der Waals surface area contributed by atoms with Crippen molar-refractivity contribution in [1.82, 2.24) is 0 Å². The molecule has 1 unspecified atom stereocenters. The standard InChI is InChI=1S/C13H9.C13H10.C10H17Si.2ClH.Zr/c1-3-7-12-10(5-1)9-11-6-2-4-8-13(11)12;1-3-7-12(8-4-1)11-13-9-5-2-6-10-13;1-8-6-9(2)10(7-8)11(3,4)5;;;/h1-9H;1-10H;7-8H,1-5H3;2*1H;/q-1;;-1;;;+2/p-2. The molecular formula is C36H36Cl2SiZr-2. The Labute approximate surface area is 268 Å². The second kappa shape index (κ2) is 15.7. The molecule has 0 N–H and O–H groups in total. The van der Waals surface area contributed by atoms with E-state index >= 15 is 0 Å². The van der Waals surface area contributed by atoms with Crippen LogP contribution in [-0.4, -0.2) is 11.3 Å². The Hall–Kier alpha value is -2.22. The maximum atomic E-state index is 3.43. The molecule has 0 saturated heterocycles. The van der Waals surface area contributed by atoms with Gasteiger partial charge in [0.1, 0.15) is 0 Å². The van der Waals surface area contributed by atoms with E-state index in [2.05, 4.69) is 161 Å². The Morgan fingerprint density at radius 1 is 0.675 bits per heavy atom. The number of rotatable bonds is 3. The van der Waals surface area contributed by atoms with E-state index < -0.39 is 8.07 Å². The summed E-state index contributed by atoms with van der Waals surface area (Å²) < 4.78 is 1.42. The van der Waals surface area contributed by atoms with E-state index in [1.165, 1.54) is 65.7 Å². The van der Waals surface area contributed by atoms with Gasteiger partial charge in [-0.15, -0.1) is 39.7 Å². The van der Waals surface area contributed by atoms with E-state index in [0.29, 0.717) is 5.92 Å². The van der Waals surface area contributed by atoms with Crippen molar-refractivity contribution in [2.24, 2.45) is 5.92 Å². The minimum atomic E-state index is -1.07. The molecule has 6 rings (SSSR count). The van der Waals surface area contributed by atoms with E-state index in [-0.39, 0.29) is 24.8 Å². The van der Waals surface area contributed by atoms with Gasteiger partial charge in [-0.2, -0.15) is 6.08 Å². The Morgan fingerprint density at radius 2 is 1.07 bits per heavy atom. The summed E-state index contributed by atoms with van der Waals surface area (Å²) in [6.07, 6.45) is 5.81. The summed E-state index contributed by atoms with van der Waals surface area (Å²) in [5.74, 6) is 0.553. The molecule has 0 saturated carbocycles. The Kier molecular flexibility index (Phi) is 13.3. The van der Waals surface area contributed by atoms with Gasteiger partial charge < -0.3 is 24.8 Å². The number of hydrogen-bond acceptors (Lipinski definition) is 0. The minimum Gasteiger partial charge on any atom is -0.126 e. The van der Waals surface area contributed by atoms with Crippen LogP contribution >= 0.6 is 0 Å². The van der Waals surface area contributed by atoms with E-state index in [0.717, 1.165) is 0 Å². The molecular weight excluding hydrogens is 623 g/mol. The molecule has 0 aromatic heterocycles. The molecule has 0 heterocycles. The van der Waals surface area contributed by atoms with Gasteiger partial charge in [0.2, 0.25) is 0 Å². The van der Waals surface area contributed by atoms with Gasteiger partial charge in [0, 0.05) is 0 Å². The van der Waals surface area contributed by atoms with Crippen LogP contribution in [0.5, 0.6) is 0 Å². The smallest absolute Gasteiger partial charge is 0.0771 e. The number of fused-ring (bicyclic) bond motifs is 3. The summed E-state index contributed by atoms with van der Waals surface area (Å²) in [5, 5.41) is 6.99. The molecule has 40 heavy (non-hydrogen) atoms. The molecule has 5 aromatic carbocycles. The SMILES string of the molecule is CC1=[C-]C(C)C=C1[Si](C)(C)C.[Cl-].[Cl-].[Zr+2]=[C](c1ccccc1)c1ccccc1.c1ccc2c(c1)[cH-]c1ccccc12. The van der Waals surface area contributed by atoms with Crippen LogP contribution in [0.4, 0.5) is 0 Å². The van der Waals surface area contributed by atoms with Gasteiger partial charge >= 0.3 is 99.2 Å². The molecule has 204 valence electrons. The fourth-order valence-corrected chi connectivity index (χ4v) is 7.70. The summed E-state index contributed by atoms with van der Waals surface area (Å²) in [4.78, 5) is 0. The molecule has 0 spiro atoms. The Balaban J connectivity index is 0.000000207.